The van der Waals surface area contributed by atoms with Crippen molar-refractivity contribution in [2.24, 2.45) is 0 Å². The molecule has 1 unspecified atom stereocenters. The Balaban J connectivity index is 1.78. The summed E-state index contributed by atoms with van der Waals surface area (Å²) in [6, 6.07) is 7.79. The number of benzene rings is 1. The first-order chi connectivity index (χ1) is 11.7. The zero-order chi connectivity index (χ0) is 16.9. The Morgan fingerprint density at radius 1 is 1.38 bits per heavy atom. The quantitative estimate of drug-likeness (QED) is 0.931. The molecule has 0 aliphatic carbocycles. The van der Waals surface area contributed by atoms with Crippen LogP contribution in [0.4, 0.5) is 16.0 Å². The van der Waals surface area contributed by atoms with Crippen LogP contribution in [0.1, 0.15) is 43.1 Å². The molecule has 0 bridgehead atoms. The minimum atomic E-state index is -0.393. The van der Waals surface area contributed by atoms with E-state index in [2.05, 4.69) is 27.1 Å². The molecule has 0 spiro atoms. The summed E-state index contributed by atoms with van der Waals surface area (Å²) in [6.45, 7) is 3.07. The van der Waals surface area contributed by atoms with E-state index in [-0.39, 0.29) is 11.6 Å². The van der Waals surface area contributed by atoms with Crippen molar-refractivity contribution in [3.05, 3.63) is 48.0 Å². The van der Waals surface area contributed by atoms with Crippen LogP contribution in [-0.4, -0.2) is 28.5 Å². The van der Waals surface area contributed by atoms with E-state index in [1.807, 2.05) is 0 Å². The molecule has 1 N–H and O–H groups in total. The molecule has 24 heavy (non-hydrogen) atoms. The second-order valence-corrected chi connectivity index (χ2v) is 5.96. The molecule has 2 aromatic rings. The van der Waals surface area contributed by atoms with E-state index < -0.39 is 5.82 Å². The molecule has 1 fully saturated rings. The fourth-order valence-corrected chi connectivity index (χ4v) is 3.06. The lowest BCUT2D eigenvalue weighted by molar-refractivity contribution is 0.102. The molecule has 1 saturated heterocycles. The molecule has 1 aliphatic rings. The van der Waals surface area contributed by atoms with Crippen LogP contribution in [0.5, 0.6) is 0 Å². The summed E-state index contributed by atoms with van der Waals surface area (Å²) >= 11 is 0. The highest BCUT2D eigenvalue weighted by molar-refractivity contribution is 6.02. The van der Waals surface area contributed by atoms with Gasteiger partial charge in [0.1, 0.15) is 11.5 Å². The van der Waals surface area contributed by atoms with Gasteiger partial charge in [0.25, 0.3) is 5.91 Å². The fourth-order valence-electron chi connectivity index (χ4n) is 3.06. The first kappa shape index (κ1) is 16.4. The van der Waals surface area contributed by atoms with Crippen LogP contribution in [0, 0.1) is 5.82 Å². The molecule has 126 valence electrons. The van der Waals surface area contributed by atoms with E-state index in [1.165, 1.54) is 18.6 Å². The highest BCUT2D eigenvalue weighted by Crippen LogP contribution is 2.23. The number of anilines is 2. The summed E-state index contributed by atoms with van der Waals surface area (Å²) in [6.07, 6.45) is 6.08. The van der Waals surface area contributed by atoms with Crippen LogP contribution in [0.3, 0.4) is 0 Å². The summed E-state index contributed by atoms with van der Waals surface area (Å²) in [5, 5.41) is 2.67. The van der Waals surface area contributed by atoms with E-state index in [0.717, 1.165) is 25.8 Å². The number of carbonyl (C=O) groups excluding carboxylic acids is 1. The second kappa shape index (κ2) is 7.38. The molecule has 0 radical (unpaired) electrons. The molecule has 1 aromatic heterocycles. The third kappa shape index (κ3) is 3.69. The molecule has 1 aromatic carbocycles. The van der Waals surface area contributed by atoms with E-state index in [0.29, 0.717) is 17.7 Å². The SMILES string of the molecule is CCC1CCCCN1c1nccc(C(=O)Nc2cccc(F)c2)n1. The van der Waals surface area contributed by atoms with Gasteiger partial charge in [0, 0.05) is 24.5 Å². The van der Waals surface area contributed by atoms with Gasteiger partial charge in [-0.05, 0) is 49.9 Å². The highest BCUT2D eigenvalue weighted by Gasteiger charge is 2.23. The Bertz CT molecular complexity index is 722. The predicted molar refractivity (Wildman–Crippen MR) is 91.7 cm³/mol. The van der Waals surface area contributed by atoms with Crippen molar-refractivity contribution in [3.8, 4) is 0 Å². The average Bonchev–Trinajstić information content (AvgIpc) is 2.62. The maximum Gasteiger partial charge on any atom is 0.274 e. The van der Waals surface area contributed by atoms with Gasteiger partial charge in [-0.3, -0.25) is 4.79 Å². The van der Waals surface area contributed by atoms with Crippen LogP contribution in [0.15, 0.2) is 36.5 Å². The third-order valence-corrected chi connectivity index (χ3v) is 4.31. The van der Waals surface area contributed by atoms with Crippen LogP contribution in [-0.2, 0) is 0 Å². The van der Waals surface area contributed by atoms with E-state index in [1.54, 1.807) is 24.4 Å². The Kier molecular flexibility index (Phi) is 5.03. The summed E-state index contributed by atoms with van der Waals surface area (Å²) in [4.78, 5) is 23.3. The van der Waals surface area contributed by atoms with Crippen LogP contribution in [0.2, 0.25) is 0 Å². The first-order valence-corrected chi connectivity index (χ1v) is 8.34. The molecule has 1 aliphatic heterocycles. The van der Waals surface area contributed by atoms with Crippen LogP contribution in [0.25, 0.3) is 0 Å². The lowest BCUT2D eigenvalue weighted by Crippen LogP contribution is -2.40. The van der Waals surface area contributed by atoms with Crippen molar-refractivity contribution in [1.82, 2.24) is 9.97 Å². The summed E-state index contributed by atoms with van der Waals surface area (Å²) in [5.41, 5.74) is 0.689. The number of halogens is 1. The van der Waals surface area contributed by atoms with Gasteiger partial charge in [-0.2, -0.15) is 0 Å². The molecule has 1 atom stereocenters. The van der Waals surface area contributed by atoms with Crippen LogP contribution >= 0.6 is 0 Å². The number of carbonyl (C=O) groups is 1. The standard InChI is InChI=1S/C18H21FN4O/c1-2-15-8-3-4-11-23(15)18-20-10-9-16(22-18)17(24)21-14-7-5-6-13(19)12-14/h5-7,9-10,12,15H,2-4,8,11H2,1H3,(H,21,24). The summed E-state index contributed by atoms with van der Waals surface area (Å²) < 4.78 is 13.2. The summed E-state index contributed by atoms with van der Waals surface area (Å²) in [7, 11) is 0. The topological polar surface area (TPSA) is 58.1 Å². The van der Waals surface area contributed by atoms with Gasteiger partial charge < -0.3 is 10.2 Å². The zero-order valence-corrected chi connectivity index (χ0v) is 13.7. The van der Waals surface area contributed by atoms with Gasteiger partial charge in [0.2, 0.25) is 5.95 Å². The Morgan fingerprint density at radius 2 is 2.25 bits per heavy atom. The lowest BCUT2D eigenvalue weighted by atomic mass is 10.0. The molecule has 2 heterocycles. The number of piperidine rings is 1. The number of nitrogens with one attached hydrogen (secondary N) is 1. The number of amides is 1. The van der Waals surface area contributed by atoms with Gasteiger partial charge in [-0.1, -0.05) is 13.0 Å². The first-order valence-electron chi connectivity index (χ1n) is 8.34. The predicted octanol–water partition coefficient (Wildman–Crippen LogP) is 3.64. The minimum absolute atomic E-state index is 0.282. The van der Waals surface area contributed by atoms with Crippen molar-refractivity contribution >= 4 is 17.5 Å². The van der Waals surface area contributed by atoms with Gasteiger partial charge in [-0.25, -0.2) is 14.4 Å². The zero-order valence-electron chi connectivity index (χ0n) is 13.7. The number of hydrogen-bond donors (Lipinski definition) is 1. The molecular weight excluding hydrogens is 307 g/mol. The van der Waals surface area contributed by atoms with Gasteiger partial charge in [0.15, 0.2) is 0 Å². The molecule has 6 heteroatoms. The van der Waals surface area contributed by atoms with E-state index in [9.17, 15) is 9.18 Å². The smallest absolute Gasteiger partial charge is 0.274 e. The van der Waals surface area contributed by atoms with Crippen LogP contribution < -0.4 is 10.2 Å². The molecule has 3 rings (SSSR count). The second-order valence-electron chi connectivity index (χ2n) is 5.96. The Morgan fingerprint density at radius 3 is 3.04 bits per heavy atom. The normalized spacial score (nSPS) is 17.6. The van der Waals surface area contributed by atoms with E-state index >= 15 is 0 Å². The molecule has 5 nitrogen and oxygen atoms in total. The molecular formula is C18H21FN4O. The average molecular weight is 328 g/mol. The molecule has 1 amide bonds. The Labute approximate surface area is 140 Å². The lowest BCUT2D eigenvalue weighted by Gasteiger charge is -2.35. The van der Waals surface area contributed by atoms with E-state index in [4.69, 9.17) is 0 Å². The fraction of sp³-hybridized carbons (Fsp3) is 0.389. The van der Waals surface area contributed by atoms with Gasteiger partial charge in [0.05, 0.1) is 0 Å². The monoisotopic (exact) mass is 328 g/mol. The van der Waals surface area contributed by atoms with Crippen molar-refractivity contribution in [3.63, 3.8) is 0 Å². The largest absolute Gasteiger partial charge is 0.338 e. The molecule has 0 saturated carbocycles. The minimum Gasteiger partial charge on any atom is -0.338 e. The number of hydrogen-bond acceptors (Lipinski definition) is 4. The van der Waals surface area contributed by atoms with Gasteiger partial charge in [-0.15, -0.1) is 0 Å². The third-order valence-electron chi connectivity index (χ3n) is 4.31. The van der Waals surface area contributed by atoms with Crippen molar-refractivity contribution in [2.45, 2.75) is 38.6 Å². The number of rotatable bonds is 4. The van der Waals surface area contributed by atoms with Crippen molar-refractivity contribution in [1.29, 1.82) is 0 Å². The van der Waals surface area contributed by atoms with Crippen molar-refractivity contribution in [2.75, 3.05) is 16.8 Å². The number of nitrogens with zero attached hydrogens (tertiary/aromatic N) is 3. The van der Waals surface area contributed by atoms with Crippen molar-refractivity contribution < 1.29 is 9.18 Å². The summed E-state index contributed by atoms with van der Waals surface area (Å²) in [5.74, 6) is -0.168. The Hall–Kier alpha value is -2.50. The maximum absolute atomic E-state index is 13.2. The van der Waals surface area contributed by atoms with Gasteiger partial charge >= 0.3 is 0 Å². The highest BCUT2D eigenvalue weighted by atomic mass is 19.1. The number of aromatic nitrogens is 2. The maximum atomic E-state index is 13.2.